The molecular weight excluding hydrogens is 270 g/mol. The third-order valence-corrected chi connectivity index (χ3v) is 2.97. The minimum atomic E-state index is -4.19. The highest BCUT2D eigenvalue weighted by molar-refractivity contribution is 6.30. The predicted octanol–water partition coefficient (Wildman–Crippen LogP) is 3.95. The summed E-state index contributed by atoms with van der Waals surface area (Å²) in [5, 5.41) is 2.74. The lowest BCUT2D eigenvalue weighted by Crippen LogP contribution is -2.29. The van der Waals surface area contributed by atoms with Crippen LogP contribution in [0.3, 0.4) is 0 Å². The van der Waals surface area contributed by atoms with Crippen molar-refractivity contribution in [3.8, 4) is 0 Å². The lowest BCUT2D eigenvalue weighted by Gasteiger charge is -2.17. The molecule has 0 amide bonds. The summed E-state index contributed by atoms with van der Waals surface area (Å²) in [6.45, 7) is 0. The van der Waals surface area contributed by atoms with Crippen LogP contribution in [0.1, 0.15) is 18.4 Å². The Labute approximate surface area is 108 Å². The number of benzene rings is 1. The Bertz CT molecular complexity index is 392. The zero-order valence-corrected chi connectivity index (χ0v) is 10.6. The zero-order chi connectivity index (χ0) is 13.8. The van der Waals surface area contributed by atoms with Gasteiger partial charge in [-0.2, -0.15) is 13.2 Å². The molecule has 0 bridgehead atoms. The molecule has 102 valence electrons. The van der Waals surface area contributed by atoms with E-state index >= 15 is 0 Å². The Morgan fingerprint density at radius 1 is 1.33 bits per heavy atom. The van der Waals surface area contributed by atoms with E-state index in [4.69, 9.17) is 11.6 Å². The number of halogens is 5. The van der Waals surface area contributed by atoms with Gasteiger partial charge in [-0.05, 0) is 31.5 Å². The molecule has 1 nitrogen and oxygen atoms in total. The van der Waals surface area contributed by atoms with Crippen molar-refractivity contribution in [3.05, 3.63) is 34.6 Å². The smallest absolute Gasteiger partial charge is 0.317 e. The van der Waals surface area contributed by atoms with E-state index in [0.29, 0.717) is 5.56 Å². The average molecular weight is 284 g/mol. The predicted molar refractivity (Wildman–Crippen MR) is 63.3 cm³/mol. The topological polar surface area (TPSA) is 12.0 Å². The fourth-order valence-corrected chi connectivity index (χ4v) is 1.85. The quantitative estimate of drug-likeness (QED) is 0.807. The Morgan fingerprint density at radius 3 is 2.56 bits per heavy atom. The molecule has 0 aliphatic heterocycles. The maximum absolute atomic E-state index is 13.6. The van der Waals surface area contributed by atoms with Crippen molar-refractivity contribution in [2.45, 2.75) is 31.5 Å². The zero-order valence-electron chi connectivity index (χ0n) is 9.82. The summed E-state index contributed by atoms with van der Waals surface area (Å²) in [7, 11) is 1.56. The van der Waals surface area contributed by atoms with E-state index in [2.05, 4.69) is 5.32 Å². The minimum absolute atomic E-state index is 0.0156. The first kappa shape index (κ1) is 15.2. The van der Waals surface area contributed by atoms with Crippen molar-refractivity contribution < 1.29 is 17.6 Å². The second kappa shape index (κ2) is 6.38. The lowest BCUT2D eigenvalue weighted by molar-refractivity contribution is -0.136. The number of hydrogen-bond donors (Lipinski definition) is 1. The first-order chi connectivity index (χ1) is 8.33. The van der Waals surface area contributed by atoms with Crippen LogP contribution in [0, 0.1) is 5.82 Å². The Balaban J connectivity index is 2.65. The molecule has 6 heteroatoms. The van der Waals surface area contributed by atoms with Gasteiger partial charge in [-0.15, -0.1) is 0 Å². The van der Waals surface area contributed by atoms with Gasteiger partial charge in [-0.1, -0.05) is 23.7 Å². The Hall–Kier alpha value is -0.810. The van der Waals surface area contributed by atoms with E-state index < -0.39 is 24.5 Å². The van der Waals surface area contributed by atoms with Gasteiger partial charge in [-0.25, -0.2) is 4.39 Å². The van der Waals surface area contributed by atoms with Gasteiger partial charge in [0.15, 0.2) is 0 Å². The maximum Gasteiger partial charge on any atom is 0.389 e. The molecule has 0 aliphatic carbocycles. The van der Waals surface area contributed by atoms with Crippen LogP contribution in [0.15, 0.2) is 18.2 Å². The van der Waals surface area contributed by atoms with Crippen LogP contribution in [0.5, 0.6) is 0 Å². The van der Waals surface area contributed by atoms with Crippen LogP contribution >= 0.6 is 11.6 Å². The minimum Gasteiger partial charge on any atom is -0.317 e. The summed E-state index contributed by atoms with van der Waals surface area (Å²) in [6.07, 6.45) is -4.99. The molecule has 18 heavy (non-hydrogen) atoms. The van der Waals surface area contributed by atoms with Crippen molar-refractivity contribution >= 4 is 11.6 Å². The number of alkyl halides is 3. The Kier molecular flexibility index (Phi) is 5.41. The number of likely N-dealkylation sites (N-methyl/N-ethyl adjacent to an activating group) is 1. The summed E-state index contributed by atoms with van der Waals surface area (Å²) < 4.78 is 49.9. The molecule has 1 rings (SSSR count). The van der Waals surface area contributed by atoms with Crippen LogP contribution in [0.25, 0.3) is 0 Å². The summed E-state index contributed by atoms with van der Waals surface area (Å²) >= 11 is 5.61. The van der Waals surface area contributed by atoms with Gasteiger partial charge in [0.05, 0.1) is 5.02 Å². The third-order valence-electron chi connectivity index (χ3n) is 2.68. The van der Waals surface area contributed by atoms with E-state index in [1.165, 1.54) is 12.1 Å². The SMILES string of the molecule is CNC(CCC(F)(F)F)Cc1cccc(Cl)c1F. The van der Waals surface area contributed by atoms with Crippen molar-refractivity contribution in [3.63, 3.8) is 0 Å². The highest BCUT2D eigenvalue weighted by Gasteiger charge is 2.28. The molecule has 0 radical (unpaired) electrons. The molecule has 1 unspecified atom stereocenters. The Morgan fingerprint density at radius 2 is 2.00 bits per heavy atom. The summed E-state index contributed by atoms with van der Waals surface area (Å²) in [6, 6.07) is 4.08. The summed E-state index contributed by atoms with van der Waals surface area (Å²) in [5.41, 5.74) is 0.323. The molecule has 0 saturated heterocycles. The van der Waals surface area contributed by atoms with Crippen LogP contribution in [0.2, 0.25) is 5.02 Å². The first-order valence-electron chi connectivity index (χ1n) is 5.50. The highest BCUT2D eigenvalue weighted by atomic mass is 35.5. The van der Waals surface area contributed by atoms with Gasteiger partial charge in [-0.3, -0.25) is 0 Å². The molecule has 0 heterocycles. The second-order valence-corrected chi connectivity index (χ2v) is 4.46. The van der Waals surface area contributed by atoms with Gasteiger partial charge < -0.3 is 5.32 Å². The molecule has 0 aromatic heterocycles. The number of rotatable bonds is 5. The van der Waals surface area contributed by atoms with Crippen LogP contribution in [0.4, 0.5) is 17.6 Å². The normalized spacial score (nSPS) is 13.7. The van der Waals surface area contributed by atoms with Gasteiger partial charge in [0.25, 0.3) is 0 Å². The molecule has 0 fully saturated rings. The third kappa shape index (κ3) is 4.82. The standard InChI is InChI=1S/C12H14ClF4N/c1-18-9(5-6-12(15,16)17)7-8-3-2-4-10(13)11(8)14/h2-4,9,18H,5-7H2,1H3. The monoisotopic (exact) mass is 283 g/mol. The van der Waals surface area contributed by atoms with Crippen molar-refractivity contribution in [1.82, 2.24) is 5.32 Å². The highest BCUT2D eigenvalue weighted by Crippen LogP contribution is 2.24. The molecule has 1 aromatic carbocycles. The van der Waals surface area contributed by atoms with E-state index in [1.54, 1.807) is 13.1 Å². The van der Waals surface area contributed by atoms with Crippen molar-refractivity contribution in [1.29, 1.82) is 0 Å². The molecule has 0 spiro atoms. The van der Waals surface area contributed by atoms with Gasteiger partial charge in [0.1, 0.15) is 5.82 Å². The van der Waals surface area contributed by atoms with Gasteiger partial charge in [0.2, 0.25) is 0 Å². The van der Waals surface area contributed by atoms with E-state index in [-0.39, 0.29) is 17.9 Å². The fraction of sp³-hybridized carbons (Fsp3) is 0.500. The van der Waals surface area contributed by atoms with Crippen LogP contribution < -0.4 is 5.32 Å². The van der Waals surface area contributed by atoms with Crippen molar-refractivity contribution in [2.75, 3.05) is 7.05 Å². The van der Waals surface area contributed by atoms with Gasteiger partial charge >= 0.3 is 6.18 Å². The summed E-state index contributed by atoms with van der Waals surface area (Å²) in [4.78, 5) is 0. The van der Waals surface area contributed by atoms with Crippen molar-refractivity contribution in [2.24, 2.45) is 0 Å². The van der Waals surface area contributed by atoms with E-state index in [9.17, 15) is 17.6 Å². The number of hydrogen-bond acceptors (Lipinski definition) is 1. The maximum atomic E-state index is 13.6. The van der Waals surface area contributed by atoms with Crippen LogP contribution in [-0.4, -0.2) is 19.3 Å². The van der Waals surface area contributed by atoms with E-state index in [1.807, 2.05) is 0 Å². The molecular formula is C12H14ClF4N. The molecule has 0 saturated carbocycles. The second-order valence-electron chi connectivity index (χ2n) is 4.06. The molecule has 1 N–H and O–H groups in total. The van der Waals surface area contributed by atoms with Gasteiger partial charge in [0, 0.05) is 12.5 Å². The van der Waals surface area contributed by atoms with Crippen LogP contribution in [-0.2, 0) is 6.42 Å². The van der Waals surface area contributed by atoms with E-state index in [0.717, 1.165) is 0 Å². The largest absolute Gasteiger partial charge is 0.389 e. The average Bonchev–Trinajstić information content (AvgIpc) is 2.28. The molecule has 1 atom stereocenters. The molecule has 0 aliphatic rings. The number of nitrogens with one attached hydrogen (secondary N) is 1. The summed E-state index contributed by atoms with van der Waals surface area (Å²) in [5.74, 6) is -0.563. The lowest BCUT2D eigenvalue weighted by atomic mass is 10.0. The molecule has 1 aromatic rings. The fourth-order valence-electron chi connectivity index (χ4n) is 1.66. The first-order valence-corrected chi connectivity index (χ1v) is 5.88.